The van der Waals surface area contributed by atoms with E-state index in [1.54, 1.807) is 0 Å². The summed E-state index contributed by atoms with van der Waals surface area (Å²) < 4.78 is 5.23. The number of carbonyl (C=O) groups excluding carboxylic acids is 1. The molecule has 2 N–H and O–H groups in total. The minimum absolute atomic E-state index is 0.00889. The summed E-state index contributed by atoms with van der Waals surface area (Å²) in [5.74, 6) is 0.124. The first-order valence-corrected chi connectivity index (χ1v) is 6.18. The van der Waals surface area contributed by atoms with Crippen LogP contribution in [0, 0.1) is 5.92 Å². The third-order valence-electron chi connectivity index (χ3n) is 3.64. The largest absolute Gasteiger partial charge is 0.394 e. The Labute approximate surface area is 97.4 Å². The lowest BCUT2D eigenvalue weighted by molar-refractivity contribution is -0.130. The molecule has 1 heterocycles. The van der Waals surface area contributed by atoms with Crippen LogP contribution in [0.1, 0.15) is 39.5 Å². The molecule has 1 rings (SSSR count). The van der Waals surface area contributed by atoms with Crippen molar-refractivity contribution in [2.24, 2.45) is 5.92 Å². The molecule has 1 aliphatic rings. The Balaban J connectivity index is 2.53. The van der Waals surface area contributed by atoms with Crippen LogP contribution in [0.25, 0.3) is 0 Å². The average Bonchev–Trinajstić information content (AvgIpc) is 2.37. The minimum atomic E-state index is -0.435. The topological polar surface area (TPSA) is 58.6 Å². The molecule has 0 unspecified atom stereocenters. The summed E-state index contributed by atoms with van der Waals surface area (Å²) in [6.45, 7) is 5.33. The summed E-state index contributed by atoms with van der Waals surface area (Å²) >= 11 is 0. The molecule has 0 aromatic heterocycles. The lowest BCUT2D eigenvalue weighted by Crippen LogP contribution is -2.52. The summed E-state index contributed by atoms with van der Waals surface area (Å²) in [6.07, 6.45) is 3.10. The molecule has 4 heteroatoms. The highest BCUT2D eigenvalue weighted by Gasteiger charge is 2.31. The van der Waals surface area contributed by atoms with Gasteiger partial charge in [-0.2, -0.15) is 0 Å². The van der Waals surface area contributed by atoms with Crippen molar-refractivity contribution in [1.82, 2.24) is 5.32 Å². The van der Waals surface area contributed by atoms with Gasteiger partial charge in [0.25, 0.3) is 0 Å². The Morgan fingerprint density at radius 3 is 2.38 bits per heavy atom. The lowest BCUT2D eigenvalue weighted by atomic mass is 9.91. The van der Waals surface area contributed by atoms with E-state index < -0.39 is 5.54 Å². The Kier molecular flexibility index (Phi) is 5.22. The van der Waals surface area contributed by atoms with Crippen LogP contribution in [-0.2, 0) is 9.53 Å². The van der Waals surface area contributed by atoms with Crippen molar-refractivity contribution in [3.63, 3.8) is 0 Å². The molecule has 4 nitrogen and oxygen atoms in total. The summed E-state index contributed by atoms with van der Waals surface area (Å²) in [5.41, 5.74) is -0.435. The number of ether oxygens (including phenoxy) is 1. The highest BCUT2D eigenvalue weighted by molar-refractivity contribution is 5.79. The van der Waals surface area contributed by atoms with Crippen LogP contribution in [0.5, 0.6) is 0 Å². The highest BCUT2D eigenvalue weighted by Crippen LogP contribution is 2.19. The van der Waals surface area contributed by atoms with Gasteiger partial charge in [0.05, 0.1) is 12.1 Å². The normalized spacial score (nSPS) is 18.4. The summed E-state index contributed by atoms with van der Waals surface area (Å²) in [5, 5.41) is 12.4. The van der Waals surface area contributed by atoms with Crippen LogP contribution < -0.4 is 5.32 Å². The highest BCUT2D eigenvalue weighted by atomic mass is 16.5. The molecule has 0 spiro atoms. The first kappa shape index (κ1) is 13.5. The predicted octanol–water partition coefficient (Wildman–Crippen LogP) is 1.08. The molecule has 0 bridgehead atoms. The molecule has 94 valence electrons. The zero-order valence-corrected chi connectivity index (χ0v) is 10.3. The second kappa shape index (κ2) is 6.21. The van der Waals surface area contributed by atoms with Crippen LogP contribution in [0.4, 0.5) is 0 Å². The van der Waals surface area contributed by atoms with E-state index in [1.165, 1.54) is 0 Å². The Bertz CT molecular complexity index is 212. The van der Waals surface area contributed by atoms with Crippen molar-refractivity contribution in [1.29, 1.82) is 0 Å². The van der Waals surface area contributed by atoms with Gasteiger partial charge in [-0.05, 0) is 25.7 Å². The summed E-state index contributed by atoms with van der Waals surface area (Å²) in [7, 11) is 0. The second-order valence-corrected chi connectivity index (χ2v) is 4.52. The first-order chi connectivity index (χ1) is 7.67. The summed E-state index contributed by atoms with van der Waals surface area (Å²) in [4.78, 5) is 12.0. The fourth-order valence-electron chi connectivity index (χ4n) is 2.01. The molecule has 16 heavy (non-hydrogen) atoms. The number of carbonyl (C=O) groups is 1. The average molecular weight is 229 g/mol. The maximum absolute atomic E-state index is 12.0. The van der Waals surface area contributed by atoms with Gasteiger partial charge in [0.2, 0.25) is 5.91 Å². The molecule has 0 saturated carbocycles. The van der Waals surface area contributed by atoms with Gasteiger partial charge < -0.3 is 15.2 Å². The smallest absolute Gasteiger partial charge is 0.223 e. The minimum Gasteiger partial charge on any atom is -0.394 e. The third kappa shape index (κ3) is 3.19. The van der Waals surface area contributed by atoms with E-state index in [0.717, 1.165) is 25.7 Å². The lowest BCUT2D eigenvalue weighted by Gasteiger charge is -2.33. The van der Waals surface area contributed by atoms with Gasteiger partial charge in [-0.1, -0.05) is 13.8 Å². The van der Waals surface area contributed by atoms with Crippen LogP contribution in [-0.4, -0.2) is 36.4 Å². The van der Waals surface area contributed by atoms with Crippen molar-refractivity contribution in [3.05, 3.63) is 0 Å². The quantitative estimate of drug-likeness (QED) is 0.741. The monoisotopic (exact) mass is 229 g/mol. The number of amides is 1. The molecule has 1 fully saturated rings. The van der Waals surface area contributed by atoms with E-state index in [4.69, 9.17) is 4.74 Å². The van der Waals surface area contributed by atoms with Crippen LogP contribution >= 0.6 is 0 Å². The van der Waals surface area contributed by atoms with E-state index in [1.807, 2.05) is 13.8 Å². The van der Waals surface area contributed by atoms with Gasteiger partial charge in [-0.3, -0.25) is 4.79 Å². The fraction of sp³-hybridized carbons (Fsp3) is 0.917. The van der Waals surface area contributed by atoms with Gasteiger partial charge in [0, 0.05) is 19.1 Å². The Morgan fingerprint density at radius 2 is 1.94 bits per heavy atom. The number of hydrogen-bond donors (Lipinski definition) is 2. The standard InChI is InChI=1S/C12H23NO3/c1-3-12(4-2,9-14)13-11(15)10-5-7-16-8-6-10/h10,14H,3-9H2,1-2H3,(H,13,15). The molecule has 0 radical (unpaired) electrons. The molecule has 0 aliphatic carbocycles. The van der Waals surface area contributed by atoms with E-state index in [-0.39, 0.29) is 18.4 Å². The molecule has 0 aromatic carbocycles. The van der Waals surface area contributed by atoms with Crippen molar-refractivity contribution >= 4 is 5.91 Å². The van der Waals surface area contributed by atoms with Crippen LogP contribution in [0.15, 0.2) is 0 Å². The van der Waals surface area contributed by atoms with E-state index >= 15 is 0 Å². The third-order valence-corrected chi connectivity index (χ3v) is 3.64. The van der Waals surface area contributed by atoms with Gasteiger partial charge in [-0.15, -0.1) is 0 Å². The SMILES string of the molecule is CCC(CC)(CO)NC(=O)C1CCOCC1. The zero-order valence-electron chi connectivity index (χ0n) is 10.3. The van der Waals surface area contributed by atoms with Gasteiger partial charge in [0.1, 0.15) is 0 Å². The van der Waals surface area contributed by atoms with Crippen LogP contribution in [0.3, 0.4) is 0 Å². The van der Waals surface area contributed by atoms with E-state index in [2.05, 4.69) is 5.32 Å². The van der Waals surface area contributed by atoms with E-state index in [0.29, 0.717) is 13.2 Å². The number of rotatable bonds is 5. The van der Waals surface area contributed by atoms with Crippen LogP contribution in [0.2, 0.25) is 0 Å². The molecular formula is C12H23NO3. The maximum atomic E-state index is 12.0. The molecule has 1 amide bonds. The second-order valence-electron chi connectivity index (χ2n) is 4.52. The Morgan fingerprint density at radius 1 is 1.38 bits per heavy atom. The first-order valence-electron chi connectivity index (χ1n) is 6.18. The van der Waals surface area contributed by atoms with Crippen molar-refractivity contribution in [2.75, 3.05) is 19.8 Å². The molecule has 0 atom stereocenters. The van der Waals surface area contributed by atoms with Crippen molar-refractivity contribution < 1.29 is 14.6 Å². The number of aliphatic hydroxyl groups is 1. The summed E-state index contributed by atoms with van der Waals surface area (Å²) in [6, 6.07) is 0. The predicted molar refractivity (Wildman–Crippen MR) is 62.1 cm³/mol. The Hall–Kier alpha value is -0.610. The van der Waals surface area contributed by atoms with Crippen molar-refractivity contribution in [2.45, 2.75) is 45.1 Å². The van der Waals surface area contributed by atoms with Crippen molar-refractivity contribution in [3.8, 4) is 0 Å². The zero-order chi connectivity index (χ0) is 12.0. The maximum Gasteiger partial charge on any atom is 0.223 e. The van der Waals surface area contributed by atoms with Gasteiger partial charge in [0.15, 0.2) is 0 Å². The number of hydrogen-bond acceptors (Lipinski definition) is 3. The molecule has 1 saturated heterocycles. The molecule has 1 aliphatic heterocycles. The molecule has 0 aromatic rings. The van der Waals surface area contributed by atoms with Gasteiger partial charge >= 0.3 is 0 Å². The molecular weight excluding hydrogens is 206 g/mol. The van der Waals surface area contributed by atoms with E-state index in [9.17, 15) is 9.90 Å². The fourth-order valence-corrected chi connectivity index (χ4v) is 2.01. The number of aliphatic hydroxyl groups excluding tert-OH is 1. The number of nitrogens with one attached hydrogen (secondary N) is 1. The van der Waals surface area contributed by atoms with Gasteiger partial charge in [-0.25, -0.2) is 0 Å².